The lowest BCUT2D eigenvalue weighted by Crippen LogP contribution is -2.53. The Morgan fingerprint density at radius 2 is 1.84 bits per heavy atom. The van der Waals surface area contributed by atoms with Crippen LogP contribution in [0.4, 0.5) is 24.7 Å². The van der Waals surface area contributed by atoms with Gasteiger partial charge in [0.25, 0.3) is 0 Å². The van der Waals surface area contributed by atoms with E-state index < -0.39 is 68.5 Å². The van der Waals surface area contributed by atoms with Crippen molar-refractivity contribution in [2.45, 2.75) is 26.9 Å². The third-order valence-electron chi connectivity index (χ3n) is 5.82. The topological polar surface area (TPSA) is 117 Å². The molecule has 2 N–H and O–H groups in total. The van der Waals surface area contributed by atoms with Gasteiger partial charge in [0.05, 0.1) is 52.2 Å². The minimum Gasteiger partial charge on any atom is -0.462 e. The van der Waals surface area contributed by atoms with Crippen molar-refractivity contribution in [2.75, 3.05) is 30.3 Å². The fraction of sp³-hybridized carbons (Fsp3) is 0.333. The number of pyridine rings is 2. The maximum absolute atomic E-state index is 15.6. The summed E-state index contributed by atoms with van der Waals surface area (Å²) in [7, 11) is 0. The zero-order valence-electron chi connectivity index (χ0n) is 20.3. The first-order valence-electron chi connectivity index (χ1n) is 11.4. The first-order valence-corrected chi connectivity index (χ1v) is 12.1. The second-order valence-electron chi connectivity index (χ2n) is 8.76. The van der Waals surface area contributed by atoms with Gasteiger partial charge in [-0.15, -0.1) is 0 Å². The Morgan fingerprint density at radius 1 is 1.18 bits per heavy atom. The number of esters is 2. The Hall–Kier alpha value is -3.51. The number of nitrogens with two attached hydrogens (primary N) is 1. The summed E-state index contributed by atoms with van der Waals surface area (Å²) in [4.78, 5) is 42.8. The molecule has 1 aliphatic heterocycles. The van der Waals surface area contributed by atoms with E-state index in [9.17, 15) is 23.2 Å². The average molecular weight is 573 g/mol. The molecule has 9 nitrogen and oxygen atoms in total. The van der Waals surface area contributed by atoms with Crippen LogP contribution >= 0.6 is 23.2 Å². The molecule has 2 aromatic heterocycles. The lowest BCUT2D eigenvalue weighted by molar-refractivity contribution is -0.153. The van der Waals surface area contributed by atoms with Crippen molar-refractivity contribution in [3.63, 3.8) is 0 Å². The van der Waals surface area contributed by atoms with Gasteiger partial charge >= 0.3 is 11.9 Å². The van der Waals surface area contributed by atoms with E-state index in [1.54, 1.807) is 13.8 Å². The van der Waals surface area contributed by atoms with Crippen LogP contribution in [0.25, 0.3) is 16.7 Å². The number of rotatable bonds is 6. The van der Waals surface area contributed by atoms with Crippen molar-refractivity contribution in [3.8, 4) is 5.82 Å². The smallest absolute Gasteiger partial charge is 0.343 e. The van der Waals surface area contributed by atoms with Gasteiger partial charge in [-0.3, -0.25) is 14.2 Å². The summed E-state index contributed by atoms with van der Waals surface area (Å²) in [5.41, 5.74) is 3.31. The largest absolute Gasteiger partial charge is 0.462 e. The minimum atomic E-state index is -1.22. The molecule has 202 valence electrons. The summed E-state index contributed by atoms with van der Waals surface area (Å²) in [6.07, 6.45) is 0.331. The first kappa shape index (κ1) is 27.5. The van der Waals surface area contributed by atoms with E-state index in [-0.39, 0.29) is 41.8 Å². The Morgan fingerprint density at radius 3 is 2.45 bits per heavy atom. The molecule has 0 amide bonds. The number of nitrogen functional groups attached to an aromatic ring is 1. The number of carbonyl (C=O) groups excluding carboxylic acids is 2. The molecule has 1 aromatic carbocycles. The SMILES string of the molecule is CCOC(=O)c1cn(-c2nc(N)c(F)cc2F)c2c(Cl)c(N3CC(OC(=O)C(C)C)C3)c(F)c(Cl)c2c1=O. The second-order valence-corrected chi connectivity index (χ2v) is 9.51. The Bertz CT molecular complexity index is 1540. The predicted molar refractivity (Wildman–Crippen MR) is 135 cm³/mol. The van der Waals surface area contributed by atoms with Crippen molar-refractivity contribution in [2.24, 2.45) is 5.92 Å². The molecule has 3 heterocycles. The number of aromatic nitrogens is 2. The molecular weight excluding hydrogens is 552 g/mol. The number of fused-ring (bicyclic) bond motifs is 1. The summed E-state index contributed by atoms with van der Waals surface area (Å²) in [5, 5.41) is -1.65. The van der Waals surface area contributed by atoms with Crippen LogP contribution in [0.2, 0.25) is 10.0 Å². The molecule has 4 rings (SSSR count). The fourth-order valence-corrected chi connectivity index (χ4v) is 4.54. The van der Waals surface area contributed by atoms with Crippen LogP contribution in [0.1, 0.15) is 31.1 Å². The number of benzene rings is 1. The number of anilines is 2. The fourth-order valence-electron chi connectivity index (χ4n) is 3.89. The molecule has 0 aliphatic carbocycles. The van der Waals surface area contributed by atoms with Crippen LogP contribution in [-0.2, 0) is 14.3 Å². The van der Waals surface area contributed by atoms with Gasteiger partial charge in [-0.25, -0.2) is 22.9 Å². The van der Waals surface area contributed by atoms with E-state index in [0.717, 1.165) is 10.8 Å². The van der Waals surface area contributed by atoms with Crippen molar-refractivity contribution < 1.29 is 32.2 Å². The zero-order valence-corrected chi connectivity index (χ0v) is 21.8. The van der Waals surface area contributed by atoms with E-state index >= 15 is 4.39 Å². The molecule has 0 unspecified atom stereocenters. The summed E-state index contributed by atoms with van der Waals surface area (Å²) in [5.74, 6) is -6.69. The number of nitrogens with zero attached hydrogens (tertiary/aromatic N) is 3. The summed E-state index contributed by atoms with van der Waals surface area (Å²) < 4.78 is 55.5. The van der Waals surface area contributed by atoms with E-state index in [4.69, 9.17) is 38.4 Å². The van der Waals surface area contributed by atoms with E-state index in [1.807, 2.05) is 0 Å². The highest BCUT2D eigenvalue weighted by atomic mass is 35.5. The van der Waals surface area contributed by atoms with Gasteiger partial charge in [0, 0.05) is 12.3 Å². The molecule has 1 aliphatic rings. The van der Waals surface area contributed by atoms with E-state index in [1.165, 1.54) is 11.8 Å². The van der Waals surface area contributed by atoms with E-state index in [2.05, 4.69) is 4.98 Å². The van der Waals surface area contributed by atoms with Gasteiger partial charge in [0.15, 0.2) is 29.1 Å². The van der Waals surface area contributed by atoms with Gasteiger partial charge in [-0.05, 0) is 6.92 Å². The number of ether oxygens (including phenoxy) is 2. The van der Waals surface area contributed by atoms with Gasteiger partial charge in [-0.1, -0.05) is 37.0 Å². The Labute approximate surface area is 223 Å². The predicted octanol–water partition coefficient (Wildman–Crippen LogP) is 4.26. The molecule has 38 heavy (non-hydrogen) atoms. The highest BCUT2D eigenvalue weighted by Gasteiger charge is 2.36. The molecule has 0 spiro atoms. The van der Waals surface area contributed by atoms with E-state index in [0.29, 0.717) is 6.07 Å². The highest BCUT2D eigenvalue weighted by Crippen LogP contribution is 2.43. The lowest BCUT2D eigenvalue weighted by Gasteiger charge is -2.41. The molecule has 0 atom stereocenters. The summed E-state index contributed by atoms with van der Waals surface area (Å²) in [6.45, 7) is 4.82. The molecule has 14 heteroatoms. The molecule has 1 fully saturated rings. The molecule has 3 aromatic rings. The van der Waals surface area contributed by atoms with Crippen LogP contribution < -0.4 is 16.1 Å². The first-order chi connectivity index (χ1) is 17.9. The highest BCUT2D eigenvalue weighted by molar-refractivity contribution is 6.42. The monoisotopic (exact) mass is 572 g/mol. The summed E-state index contributed by atoms with van der Waals surface area (Å²) >= 11 is 12.9. The molecule has 0 saturated carbocycles. The van der Waals surface area contributed by atoms with Gasteiger partial charge in [-0.2, -0.15) is 0 Å². The van der Waals surface area contributed by atoms with Crippen LogP contribution in [0.15, 0.2) is 17.1 Å². The molecule has 0 bridgehead atoms. The third kappa shape index (κ3) is 4.62. The minimum absolute atomic E-state index is 0.0538. The van der Waals surface area contributed by atoms with Gasteiger partial charge < -0.3 is 20.1 Å². The number of hydrogen-bond acceptors (Lipinski definition) is 8. The standard InChI is InChI=1S/C24H21Cl2F3N4O5/c1-4-37-24(36)11-8-33(22-13(28)5-12(27)21(30)31-22)18-14(20(11)34)15(25)17(29)19(16(18)26)32-6-10(7-32)38-23(35)9(2)3/h5,8-10H,4,6-7H2,1-3H3,(H2,30,31). The van der Waals surface area contributed by atoms with Crippen molar-refractivity contribution >= 4 is 57.5 Å². The Balaban J connectivity index is 1.97. The quantitative estimate of drug-likeness (QED) is 0.344. The second kappa shape index (κ2) is 10.3. The molecule has 1 saturated heterocycles. The number of carbonyl (C=O) groups is 2. The van der Waals surface area contributed by atoms with Crippen molar-refractivity contribution in [3.05, 3.63) is 55.5 Å². The van der Waals surface area contributed by atoms with Crippen LogP contribution in [0.3, 0.4) is 0 Å². The molecular formula is C24H21Cl2F3N4O5. The zero-order chi connectivity index (χ0) is 28.0. The average Bonchev–Trinajstić information content (AvgIpc) is 2.83. The molecule has 0 radical (unpaired) electrons. The summed E-state index contributed by atoms with van der Waals surface area (Å²) in [6, 6.07) is 0.453. The van der Waals surface area contributed by atoms with Crippen LogP contribution in [-0.4, -0.2) is 47.3 Å². The van der Waals surface area contributed by atoms with Gasteiger partial charge in [0.2, 0.25) is 5.43 Å². The van der Waals surface area contributed by atoms with Crippen molar-refractivity contribution in [1.82, 2.24) is 9.55 Å². The number of halogens is 5. The normalized spacial score (nSPS) is 13.7. The third-order valence-corrected chi connectivity index (χ3v) is 6.54. The van der Waals surface area contributed by atoms with Crippen LogP contribution in [0.5, 0.6) is 0 Å². The van der Waals surface area contributed by atoms with Crippen molar-refractivity contribution in [1.29, 1.82) is 0 Å². The van der Waals surface area contributed by atoms with Gasteiger partial charge in [0.1, 0.15) is 11.7 Å². The maximum atomic E-state index is 15.6. The van der Waals surface area contributed by atoms with Crippen LogP contribution in [0, 0.1) is 23.4 Å². The lowest BCUT2D eigenvalue weighted by atomic mass is 10.1. The maximum Gasteiger partial charge on any atom is 0.343 e. The Kier molecular flexibility index (Phi) is 7.48. The number of hydrogen-bond donors (Lipinski definition) is 1.